The van der Waals surface area contributed by atoms with Crippen molar-refractivity contribution in [1.82, 2.24) is 15.0 Å². The average molecular weight is 848 g/mol. The Hall–Kier alpha value is -7.43. The lowest BCUT2D eigenvalue weighted by Gasteiger charge is -2.66. The van der Waals surface area contributed by atoms with Crippen molar-refractivity contribution in [3.63, 3.8) is 0 Å². The largest absolute Gasteiger partial charge is 0.457 e. The minimum atomic E-state index is -0.518. The SMILES string of the molecule is c1ccc(-c2ccc(-c3nc(-c4ccc(C56C[C@@H]7CC8C[C@@H](C5)C87C6)cc4)nc(-c4ccccc4-c4ccc5c(c4)Oc4ccccc4C54c5ccccc5-c5ccccc54)n3)cc2)cc1. The lowest BCUT2D eigenvalue weighted by Crippen LogP contribution is -2.59. The van der Waals surface area contributed by atoms with Crippen LogP contribution >= 0.6 is 0 Å². The summed E-state index contributed by atoms with van der Waals surface area (Å²) >= 11 is 0. The van der Waals surface area contributed by atoms with Gasteiger partial charge in [0.2, 0.25) is 0 Å². The number of hydrogen-bond donors (Lipinski definition) is 0. The van der Waals surface area contributed by atoms with Crippen LogP contribution in [0.2, 0.25) is 0 Å². The molecule has 0 unspecified atom stereocenters. The van der Waals surface area contributed by atoms with Crippen molar-refractivity contribution in [3.05, 3.63) is 222 Å². The molecule has 2 heterocycles. The first-order valence-corrected chi connectivity index (χ1v) is 23.8. The summed E-state index contributed by atoms with van der Waals surface area (Å²) in [6.45, 7) is 0. The summed E-state index contributed by atoms with van der Waals surface area (Å²) in [4.78, 5) is 15.9. The molecule has 0 amide bonds. The molecule has 5 aliphatic carbocycles. The summed E-state index contributed by atoms with van der Waals surface area (Å²) < 4.78 is 6.94. The van der Waals surface area contributed by atoms with Gasteiger partial charge in [-0.3, -0.25) is 0 Å². The van der Waals surface area contributed by atoms with Crippen LogP contribution in [0.5, 0.6) is 11.5 Å². The van der Waals surface area contributed by atoms with E-state index in [0.717, 1.165) is 73.8 Å². The van der Waals surface area contributed by atoms with Crippen LogP contribution in [0.15, 0.2) is 194 Å². The zero-order chi connectivity index (χ0) is 43.2. The predicted molar refractivity (Wildman–Crippen MR) is 262 cm³/mol. The molecule has 2 atom stereocenters. The van der Waals surface area contributed by atoms with Crippen LogP contribution in [-0.4, -0.2) is 15.0 Å². The highest BCUT2D eigenvalue weighted by Gasteiger charge is 2.77. The summed E-state index contributed by atoms with van der Waals surface area (Å²) in [7, 11) is 0. The highest BCUT2D eigenvalue weighted by Crippen LogP contribution is 2.84. The van der Waals surface area contributed by atoms with E-state index < -0.39 is 5.41 Å². The van der Waals surface area contributed by atoms with Gasteiger partial charge in [-0.25, -0.2) is 15.0 Å². The third kappa shape index (κ3) is 4.86. The molecule has 0 radical (unpaired) electrons. The Balaban J connectivity index is 0.861. The van der Waals surface area contributed by atoms with Gasteiger partial charge in [0.05, 0.1) is 5.41 Å². The molecule has 2 spiro atoms. The Kier molecular flexibility index (Phi) is 7.44. The topological polar surface area (TPSA) is 47.9 Å². The highest BCUT2D eigenvalue weighted by atomic mass is 16.5. The first-order valence-electron chi connectivity index (χ1n) is 23.8. The van der Waals surface area contributed by atoms with Crippen molar-refractivity contribution in [3.8, 4) is 79.0 Å². The fourth-order valence-electron chi connectivity index (χ4n) is 14.5. The number of hydrogen-bond acceptors (Lipinski definition) is 4. The molecule has 15 rings (SSSR count). The Bertz CT molecular complexity index is 3400. The molecule has 0 N–H and O–H groups in total. The van der Waals surface area contributed by atoms with Gasteiger partial charge in [-0.1, -0.05) is 182 Å². The van der Waals surface area contributed by atoms with Gasteiger partial charge in [-0.15, -0.1) is 0 Å². The van der Waals surface area contributed by atoms with E-state index in [2.05, 4.69) is 194 Å². The van der Waals surface area contributed by atoms with Crippen LogP contribution in [-0.2, 0) is 10.8 Å². The molecule has 4 saturated carbocycles. The van der Waals surface area contributed by atoms with Crippen LogP contribution in [0.1, 0.15) is 59.9 Å². The van der Waals surface area contributed by atoms with Crippen molar-refractivity contribution in [2.45, 2.75) is 42.9 Å². The summed E-state index contributed by atoms with van der Waals surface area (Å²) in [5.74, 6) is 6.62. The third-order valence-electron chi connectivity index (χ3n) is 17.3. The van der Waals surface area contributed by atoms with Gasteiger partial charge < -0.3 is 4.74 Å². The molecule has 4 heteroatoms. The molecule has 4 fully saturated rings. The maximum absolute atomic E-state index is 6.94. The maximum Gasteiger partial charge on any atom is 0.164 e. The molecule has 0 saturated heterocycles. The van der Waals surface area contributed by atoms with Crippen LogP contribution in [0, 0.1) is 23.2 Å². The number of para-hydroxylation sites is 1. The van der Waals surface area contributed by atoms with E-state index in [1.165, 1.54) is 65.5 Å². The highest BCUT2D eigenvalue weighted by molar-refractivity contribution is 5.90. The molecule has 1 aromatic heterocycles. The van der Waals surface area contributed by atoms with Crippen LogP contribution in [0.3, 0.4) is 0 Å². The molecule has 314 valence electrons. The minimum Gasteiger partial charge on any atom is -0.457 e. The van der Waals surface area contributed by atoms with E-state index in [1.54, 1.807) is 0 Å². The van der Waals surface area contributed by atoms with Gasteiger partial charge in [0, 0.05) is 27.8 Å². The third-order valence-corrected chi connectivity index (χ3v) is 17.3. The molecule has 4 nitrogen and oxygen atoms in total. The average Bonchev–Trinajstić information content (AvgIpc) is 3.98. The van der Waals surface area contributed by atoms with Crippen molar-refractivity contribution in [2.24, 2.45) is 23.2 Å². The fraction of sp³-hybridized carbons (Fsp3) is 0.177. The van der Waals surface area contributed by atoms with Crippen LogP contribution in [0.25, 0.3) is 67.5 Å². The standard InChI is InChI=1S/C62H45N3O/c1-2-12-38(13-3-1)39-22-24-40(25-23-39)57-63-58(41-26-29-43(30-27-41)60-35-45-33-44-34-46(36-60)61(44,45)37-60)65-59(64-57)50-17-5-4-14-47(50)42-28-31-54-56(32-42)66-55-21-11-10-20-53(55)62(54)51-18-8-6-15-48(51)49-16-7-9-19-52(49)62/h1-32,44-46H,33-37H2/t44?,45-,46-,60?,61?/m0/s1. The summed E-state index contributed by atoms with van der Waals surface area (Å²) in [5.41, 5.74) is 16.7. The van der Waals surface area contributed by atoms with Gasteiger partial charge in [-0.2, -0.15) is 0 Å². The number of fused-ring (bicyclic) bond motifs is 10. The first-order chi connectivity index (χ1) is 32.6. The molecule has 6 aliphatic rings. The Morgan fingerprint density at radius 2 is 0.879 bits per heavy atom. The second-order valence-corrected chi connectivity index (χ2v) is 20.1. The van der Waals surface area contributed by atoms with E-state index in [1.807, 2.05) is 0 Å². The van der Waals surface area contributed by atoms with Gasteiger partial charge >= 0.3 is 0 Å². The molecule has 66 heavy (non-hydrogen) atoms. The summed E-state index contributed by atoms with van der Waals surface area (Å²) in [5, 5.41) is 0. The summed E-state index contributed by atoms with van der Waals surface area (Å²) in [6.07, 6.45) is 7.08. The number of ether oxygens (including phenoxy) is 1. The van der Waals surface area contributed by atoms with Crippen LogP contribution < -0.4 is 4.74 Å². The van der Waals surface area contributed by atoms with E-state index in [4.69, 9.17) is 19.7 Å². The van der Waals surface area contributed by atoms with Crippen molar-refractivity contribution in [1.29, 1.82) is 0 Å². The molecule has 2 bridgehead atoms. The quantitative estimate of drug-likeness (QED) is 0.167. The number of nitrogens with zero attached hydrogens (tertiary/aromatic N) is 3. The molecule has 9 aromatic rings. The smallest absolute Gasteiger partial charge is 0.164 e. The lowest BCUT2D eigenvalue weighted by atomic mass is 9.38. The van der Waals surface area contributed by atoms with Crippen molar-refractivity contribution in [2.75, 3.05) is 0 Å². The van der Waals surface area contributed by atoms with Gasteiger partial charge in [-0.05, 0) is 123 Å². The Morgan fingerprint density at radius 3 is 1.53 bits per heavy atom. The number of benzene rings is 8. The van der Waals surface area contributed by atoms with Crippen LogP contribution in [0.4, 0.5) is 0 Å². The van der Waals surface area contributed by atoms with E-state index in [-0.39, 0.29) is 0 Å². The van der Waals surface area contributed by atoms with E-state index >= 15 is 0 Å². The first kappa shape index (κ1) is 36.9. The van der Waals surface area contributed by atoms with E-state index in [0.29, 0.717) is 28.3 Å². The molecular formula is C62H45N3O. The van der Waals surface area contributed by atoms with Gasteiger partial charge in [0.25, 0.3) is 0 Å². The molecular weight excluding hydrogens is 803 g/mol. The predicted octanol–water partition coefficient (Wildman–Crippen LogP) is 14.8. The zero-order valence-corrected chi connectivity index (χ0v) is 36.5. The second kappa shape index (κ2) is 13.3. The molecule has 8 aromatic carbocycles. The molecule has 1 aliphatic heterocycles. The Labute approximate surface area is 385 Å². The number of aromatic nitrogens is 3. The monoisotopic (exact) mass is 847 g/mol. The maximum atomic E-state index is 6.94. The summed E-state index contributed by atoms with van der Waals surface area (Å²) in [6, 6.07) is 70.1. The van der Waals surface area contributed by atoms with Gasteiger partial charge in [0.1, 0.15) is 11.5 Å². The fourth-order valence-corrected chi connectivity index (χ4v) is 14.5. The lowest BCUT2D eigenvalue weighted by molar-refractivity contribution is -0.175. The Morgan fingerprint density at radius 1 is 0.379 bits per heavy atom. The van der Waals surface area contributed by atoms with Crippen molar-refractivity contribution >= 4 is 0 Å². The van der Waals surface area contributed by atoms with Crippen molar-refractivity contribution < 1.29 is 4.74 Å². The van der Waals surface area contributed by atoms with Gasteiger partial charge in [0.15, 0.2) is 17.5 Å². The second-order valence-electron chi connectivity index (χ2n) is 20.1. The minimum absolute atomic E-state index is 0.346. The zero-order valence-electron chi connectivity index (χ0n) is 36.5. The van der Waals surface area contributed by atoms with E-state index in [9.17, 15) is 0 Å². The number of rotatable bonds is 6. The normalized spacial score (nSPS) is 23.7.